The Bertz CT molecular complexity index is 931. The van der Waals surface area contributed by atoms with Crippen LogP contribution in [0.3, 0.4) is 0 Å². The third kappa shape index (κ3) is 2.46. The number of benzene rings is 2. The minimum Gasteiger partial charge on any atom is -0.319 e. The molecule has 0 radical (unpaired) electrons. The molecule has 5 heteroatoms. The van der Waals surface area contributed by atoms with Crippen LogP contribution in [0, 0.1) is 11.3 Å². The Kier molecular flexibility index (Phi) is 3.96. The van der Waals surface area contributed by atoms with Crippen LogP contribution in [0.5, 0.6) is 0 Å². The van der Waals surface area contributed by atoms with Gasteiger partial charge in [-0.1, -0.05) is 42.5 Å². The highest BCUT2D eigenvalue weighted by molar-refractivity contribution is 6.07. The number of hydrogen-bond donors (Lipinski definition) is 1. The summed E-state index contributed by atoms with van der Waals surface area (Å²) in [5, 5.41) is 12.3. The van der Waals surface area contributed by atoms with Crippen molar-refractivity contribution in [1.29, 1.82) is 5.26 Å². The Morgan fingerprint density at radius 3 is 2.69 bits per heavy atom. The maximum Gasteiger partial charge on any atom is 0.325 e. The van der Waals surface area contributed by atoms with Gasteiger partial charge < -0.3 is 5.32 Å². The van der Waals surface area contributed by atoms with Gasteiger partial charge in [0.25, 0.3) is 5.91 Å². The van der Waals surface area contributed by atoms with Crippen LogP contribution < -0.4 is 5.32 Å². The molecule has 130 valence electrons. The summed E-state index contributed by atoms with van der Waals surface area (Å²) in [6, 6.07) is 16.7. The number of amides is 3. The van der Waals surface area contributed by atoms with Gasteiger partial charge in [0.1, 0.15) is 5.54 Å². The second-order valence-electron chi connectivity index (χ2n) is 6.86. The van der Waals surface area contributed by atoms with Crippen molar-refractivity contribution in [1.82, 2.24) is 10.2 Å². The van der Waals surface area contributed by atoms with Crippen LogP contribution in [-0.2, 0) is 23.3 Å². The molecule has 1 saturated heterocycles. The molecule has 0 saturated carbocycles. The smallest absolute Gasteiger partial charge is 0.319 e. The van der Waals surface area contributed by atoms with E-state index in [1.54, 1.807) is 18.2 Å². The van der Waals surface area contributed by atoms with Gasteiger partial charge in [-0.3, -0.25) is 9.69 Å². The van der Waals surface area contributed by atoms with Gasteiger partial charge in [-0.25, -0.2) is 4.79 Å². The van der Waals surface area contributed by atoms with Crippen molar-refractivity contribution in [3.05, 3.63) is 70.8 Å². The fourth-order valence-electron chi connectivity index (χ4n) is 4.05. The van der Waals surface area contributed by atoms with E-state index in [4.69, 9.17) is 0 Å². The van der Waals surface area contributed by atoms with Gasteiger partial charge in [-0.15, -0.1) is 0 Å². The van der Waals surface area contributed by atoms with E-state index in [1.807, 2.05) is 30.3 Å². The van der Waals surface area contributed by atoms with E-state index in [2.05, 4.69) is 11.4 Å². The molecule has 2 aliphatic rings. The van der Waals surface area contributed by atoms with Crippen LogP contribution in [0.1, 0.15) is 41.5 Å². The summed E-state index contributed by atoms with van der Waals surface area (Å²) >= 11 is 0. The van der Waals surface area contributed by atoms with E-state index in [9.17, 15) is 14.9 Å². The largest absolute Gasteiger partial charge is 0.325 e. The zero-order valence-corrected chi connectivity index (χ0v) is 14.4. The lowest BCUT2D eigenvalue weighted by atomic mass is 9.84. The summed E-state index contributed by atoms with van der Waals surface area (Å²) in [5.41, 5.74) is 2.21. The van der Waals surface area contributed by atoms with Crippen LogP contribution >= 0.6 is 0 Å². The molecule has 1 N–H and O–H groups in total. The first-order chi connectivity index (χ1) is 12.7. The number of fused-ring (bicyclic) bond motifs is 2. The second-order valence-corrected chi connectivity index (χ2v) is 6.86. The maximum atomic E-state index is 13.4. The summed E-state index contributed by atoms with van der Waals surface area (Å²) < 4.78 is 0. The van der Waals surface area contributed by atoms with Crippen molar-refractivity contribution in [2.24, 2.45) is 0 Å². The van der Waals surface area contributed by atoms with Crippen molar-refractivity contribution in [2.45, 2.75) is 37.8 Å². The second kappa shape index (κ2) is 6.30. The van der Waals surface area contributed by atoms with E-state index in [-0.39, 0.29) is 18.5 Å². The third-order valence-corrected chi connectivity index (χ3v) is 5.37. The van der Waals surface area contributed by atoms with E-state index >= 15 is 0 Å². The molecule has 2 aromatic carbocycles. The molecule has 1 fully saturated rings. The normalized spacial score (nSPS) is 21.9. The van der Waals surface area contributed by atoms with E-state index in [1.165, 1.54) is 4.90 Å². The highest BCUT2D eigenvalue weighted by atomic mass is 16.2. The molecule has 3 amide bonds. The first-order valence-electron chi connectivity index (χ1n) is 8.86. The lowest BCUT2D eigenvalue weighted by molar-refractivity contribution is -0.132. The average Bonchev–Trinajstić information content (AvgIpc) is 2.81. The topological polar surface area (TPSA) is 73.2 Å². The van der Waals surface area contributed by atoms with E-state index < -0.39 is 5.54 Å². The van der Waals surface area contributed by atoms with Crippen LogP contribution in [0.4, 0.5) is 4.79 Å². The Labute approximate surface area is 152 Å². The molecular formula is C21H19N3O2. The molecule has 1 aliphatic carbocycles. The van der Waals surface area contributed by atoms with Crippen LogP contribution in [-0.4, -0.2) is 16.8 Å². The van der Waals surface area contributed by atoms with Gasteiger partial charge >= 0.3 is 6.03 Å². The Morgan fingerprint density at radius 2 is 1.85 bits per heavy atom. The first-order valence-corrected chi connectivity index (χ1v) is 8.86. The van der Waals surface area contributed by atoms with Crippen molar-refractivity contribution in [3.8, 4) is 6.07 Å². The molecule has 0 aromatic heterocycles. The number of nitrogens with one attached hydrogen (secondary N) is 1. The van der Waals surface area contributed by atoms with Crippen molar-refractivity contribution in [2.75, 3.05) is 0 Å². The summed E-state index contributed by atoms with van der Waals surface area (Å²) in [5.74, 6) is -0.218. The summed E-state index contributed by atoms with van der Waals surface area (Å²) in [6.07, 6.45) is 3.39. The molecule has 5 nitrogen and oxygen atoms in total. The molecular weight excluding hydrogens is 326 g/mol. The Morgan fingerprint density at radius 1 is 1.08 bits per heavy atom. The zero-order chi connectivity index (χ0) is 18.1. The molecule has 1 spiro atoms. The van der Waals surface area contributed by atoms with Crippen LogP contribution in [0.15, 0.2) is 48.5 Å². The van der Waals surface area contributed by atoms with Gasteiger partial charge in [-0.2, -0.15) is 5.26 Å². The van der Waals surface area contributed by atoms with E-state index in [0.29, 0.717) is 17.5 Å². The number of hydrogen-bond acceptors (Lipinski definition) is 3. The molecule has 1 heterocycles. The van der Waals surface area contributed by atoms with Crippen molar-refractivity contribution < 1.29 is 9.59 Å². The van der Waals surface area contributed by atoms with Gasteiger partial charge in [0.15, 0.2) is 0 Å². The number of urea groups is 1. The van der Waals surface area contributed by atoms with Crippen LogP contribution in [0.2, 0.25) is 0 Å². The number of imide groups is 1. The predicted octanol–water partition coefficient (Wildman–Crippen LogP) is 3.23. The molecule has 1 aliphatic heterocycles. The Hall–Kier alpha value is -3.13. The summed E-state index contributed by atoms with van der Waals surface area (Å²) in [6.45, 7) is 0.109. The predicted molar refractivity (Wildman–Crippen MR) is 95.9 cm³/mol. The van der Waals surface area contributed by atoms with Gasteiger partial charge in [-0.05, 0) is 48.4 Å². The van der Waals surface area contributed by atoms with E-state index in [0.717, 1.165) is 30.4 Å². The number of carbonyl (C=O) groups is 2. The third-order valence-electron chi connectivity index (χ3n) is 5.37. The minimum atomic E-state index is -0.980. The van der Waals surface area contributed by atoms with Crippen molar-refractivity contribution in [3.63, 3.8) is 0 Å². The first kappa shape index (κ1) is 16.3. The van der Waals surface area contributed by atoms with Gasteiger partial charge in [0.2, 0.25) is 0 Å². The van der Waals surface area contributed by atoms with Gasteiger partial charge in [0.05, 0.1) is 18.2 Å². The summed E-state index contributed by atoms with van der Waals surface area (Å²) in [7, 11) is 0. The number of nitriles is 1. The standard InChI is InChI=1S/C21H19N3O2/c22-13-16-9-1-2-10-17(16)14-24-19(25)21(23-20(24)26)12-6-5-8-15-7-3-4-11-18(15)21/h1-4,7,9-11H,5-6,8,12,14H2,(H,23,26)/t21-/m0/s1. The quantitative estimate of drug-likeness (QED) is 0.849. The molecule has 2 aromatic rings. The minimum absolute atomic E-state index is 0.109. The van der Waals surface area contributed by atoms with Crippen molar-refractivity contribution >= 4 is 11.9 Å². The van der Waals surface area contributed by atoms with Crippen LogP contribution in [0.25, 0.3) is 0 Å². The molecule has 0 unspecified atom stereocenters. The highest BCUT2D eigenvalue weighted by Crippen LogP contribution is 2.39. The fourth-order valence-corrected chi connectivity index (χ4v) is 4.05. The number of rotatable bonds is 2. The number of aryl methyl sites for hydroxylation is 1. The maximum absolute atomic E-state index is 13.4. The molecule has 0 bridgehead atoms. The Balaban J connectivity index is 1.73. The van der Waals surface area contributed by atoms with Gasteiger partial charge in [0, 0.05) is 0 Å². The lowest BCUT2D eigenvalue weighted by Gasteiger charge is -2.27. The zero-order valence-electron chi connectivity index (χ0n) is 14.4. The monoisotopic (exact) mass is 345 g/mol. The summed E-state index contributed by atoms with van der Waals surface area (Å²) in [4.78, 5) is 27.3. The lowest BCUT2D eigenvalue weighted by Crippen LogP contribution is -2.44. The number of carbonyl (C=O) groups excluding carboxylic acids is 2. The average molecular weight is 345 g/mol. The molecule has 4 rings (SSSR count). The SMILES string of the molecule is N#Cc1ccccc1CN1C(=O)N[C@]2(CCCCc3ccccc32)C1=O. The molecule has 1 atom stereocenters. The number of nitrogens with zero attached hydrogens (tertiary/aromatic N) is 2. The highest BCUT2D eigenvalue weighted by Gasteiger charge is 2.53. The fraction of sp³-hybridized carbons (Fsp3) is 0.286. The molecule has 26 heavy (non-hydrogen) atoms.